The lowest BCUT2D eigenvalue weighted by molar-refractivity contribution is 0.414. The first-order valence-corrected chi connectivity index (χ1v) is 9.11. The van der Waals surface area contributed by atoms with E-state index in [9.17, 15) is 10.2 Å². The molecule has 27 heavy (non-hydrogen) atoms. The van der Waals surface area contributed by atoms with Crippen molar-refractivity contribution in [3.05, 3.63) is 52.3 Å². The normalized spacial score (nSPS) is 12.3. The molecule has 3 aromatic rings. The minimum Gasteiger partial charge on any atom is -0.508 e. The second kappa shape index (κ2) is 7.44. The number of benzene rings is 2. The molecule has 1 heterocycles. The number of methoxy groups -OCH3 is 1. The predicted octanol–water partition coefficient (Wildman–Crippen LogP) is 4.76. The van der Waals surface area contributed by atoms with Crippen molar-refractivity contribution in [1.82, 2.24) is 14.8 Å². The SMILES string of the molecule is COc1ccc([C@H](C)n2c(-c3cc(C(C)C)c(O)cc3O)n[nH]c2=S)cc1. The van der Waals surface area contributed by atoms with Crippen LogP contribution < -0.4 is 4.74 Å². The summed E-state index contributed by atoms with van der Waals surface area (Å²) in [6, 6.07) is 10.7. The zero-order valence-corrected chi connectivity index (χ0v) is 16.5. The third-order valence-corrected chi connectivity index (χ3v) is 4.99. The minimum atomic E-state index is -0.118. The zero-order chi connectivity index (χ0) is 19.7. The fourth-order valence-corrected chi connectivity index (χ4v) is 3.41. The third-order valence-electron chi connectivity index (χ3n) is 4.70. The maximum atomic E-state index is 10.4. The summed E-state index contributed by atoms with van der Waals surface area (Å²) in [6.45, 7) is 5.97. The van der Waals surface area contributed by atoms with Crippen LogP contribution in [0.25, 0.3) is 11.4 Å². The molecule has 0 bridgehead atoms. The molecule has 3 N–H and O–H groups in total. The Labute approximate surface area is 163 Å². The summed E-state index contributed by atoms with van der Waals surface area (Å²) >= 11 is 5.44. The lowest BCUT2D eigenvalue weighted by atomic mass is 9.98. The Morgan fingerprint density at radius 3 is 2.33 bits per heavy atom. The van der Waals surface area contributed by atoms with Gasteiger partial charge in [-0.2, -0.15) is 5.10 Å². The molecule has 0 aliphatic carbocycles. The summed E-state index contributed by atoms with van der Waals surface area (Å²) in [6.07, 6.45) is 0. The van der Waals surface area contributed by atoms with Gasteiger partial charge in [0.2, 0.25) is 0 Å². The fourth-order valence-electron chi connectivity index (χ4n) is 3.12. The molecule has 0 amide bonds. The maximum Gasteiger partial charge on any atom is 0.196 e. The molecule has 0 unspecified atom stereocenters. The van der Waals surface area contributed by atoms with Crippen LogP contribution in [-0.4, -0.2) is 32.1 Å². The number of nitrogens with zero attached hydrogens (tertiary/aromatic N) is 2. The Hall–Kier alpha value is -2.80. The number of rotatable bonds is 5. The highest BCUT2D eigenvalue weighted by Crippen LogP contribution is 2.38. The first-order valence-electron chi connectivity index (χ1n) is 8.70. The van der Waals surface area contributed by atoms with E-state index in [4.69, 9.17) is 17.0 Å². The highest BCUT2D eigenvalue weighted by atomic mass is 32.1. The average molecular weight is 385 g/mol. The number of aromatic hydroxyl groups is 2. The Morgan fingerprint density at radius 2 is 1.74 bits per heavy atom. The van der Waals surface area contributed by atoms with Gasteiger partial charge >= 0.3 is 0 Å². The first-order chi connectivity index (χ1) is 12.8. The fraction of sp³-hybridized carbons (Fsp3) is 0.300. The average Bonchev–Trinajstić information content (AvgIpc) is 3.02. The van der Waals surface area contributed by atoms with Crippen molar-refractivity contribution in [1.29, 1.82) is 0 Å². The zero-order valence-electron chi connectivity index (χ0n) is 15.7. The molecular formula is C20H23N3O3S. The van der Waals surface area contributed by atoms with E-state index in [0.29, 0.717) is 16.2 Å². The largest absolute Gasteiger partial charge is 0.508 e. The smallest absolute Gasteiger partial charge is 0.196 e. The monoisotopic (exact) mass is 385 g/mol. The van der Waals surface area contributed by atoms with Crippen LogP contribution in [0.2, 0.25) is 0 Å². The summed E-state index contributed by atoms with van der Waals surface area (Å²) in [5.74, 6) is 1.41. The third kappa shape index (κ3) is 3.55. The van der Waals surface area contributed by atoms with Crippen molar-refractivity contribution in [2.24, 2.45) is 0 Å². The number of nitrogens with one attached hydrogen (secondary N) is 1. The molecule has 0 saturated carbocycles. The molecule has 0 aliphatic heterocycles. The molecule has 3 rings (SSSR count). The number of phenolic OH excluding ortho intramolecular Hbond substituents is 2. The second-order valence-corrected chi connectivity index (χ2v) is 7.14. The van der Waals surface area contributed by atoms with Gasteiger partial charge in [-0.3, -0.25) is 9.67 Å². The summed E-state index contributed by atoms with van der Waals surface area (Å²) < 4.78 is 7.52. The van der Waals surface area contributed by atoms with E-state index in [2.05, 4.69) is 10.2 Å². The molecular weight excluding hydrogens is 362 g/mol. The Balaban J connectivity index is 2.12. The Morgan fingerprint density at radius 1 is 1.07 bits per heavy atom. The lowest BCUT2D eigenvalue weighted by Crippen LogP contribution is -2.09. The molecule has 0 spiro atoms. The van der Waals surface area contributed by atoms with Gasteiger partial charge in [-0.1, -0.05) is 26.0 Å². The van der Waals surface area contributed by atoms with Crippen LogP contribution in [0, 0.1) is 4.77 Å². The number of aromatic amines is 1. The van der Waals surface area contributed by atoms with Crippen molar-refractivity contribution in [2.45, 2.75) is 32.7 Å². The van der Waals surface area contributed by atoms with Gasteiger partial charge in [-0.15, -0.1) is 0 Å². The topological polar surface area (TPSA) is 83.3 Å². The number of aromatic nitrogens is 3. The summed E-state index contributed by atoms with van der Waals surface area (Å²) in [5, 5.41) is 27.7. The van der Waals surface area contributed by atoms with Gasteiger partial charge in [-0.25, -0.2) is 0 Å². The van der Waals surface area contributed by atoms with Crippen LogP contribution in [0.3, 0.4) is 0 Å². The van der Waals surface area contributed by atoms with E-state index in [1.54, 1.807) is 13.2 Å². The number of phenols is 2. The van der Waals surface area contributed by atoms with E-state index >= 15 is 0 Å². The van der Waals surface area contributed by atoms with Crippen molar-refractivity contribution >= 4 is 12.2 Å². The molecule has 0 saturated heterocycles. The van der Waals surface area contributed by atoms with E-state index in [1.165, 1.54) is 6.07 Å². The quantitative estimate of drug-likeness (QED) is 0.552. The molecule has 0 fully saturated rings. The summed E-state index contributed by atoms with van der Waals surface area (Å²) in [7, 11) is 1.63. The van der Waals surface area contributed by atoms with Crippen LogP contribution in [0.15, 0.2) is 36.4 Å². The lowest BCUT2D eigenvalue weighted by Gasteiger charge is -2.18. The summed E-state index contributed by atoms with van der Waals surface area (Å²) in [4.78, 5) is 0. The number of H-pyrrole nitrogens is 1. The van der Waals surface area contributed by atoms with Gasteiger partial charge < -0.3 is 14.9 Å². The van der Waals surface area contributed by atoms with Gasteiger partial charge in [0.05, 0.1) is 18.7 Å². The van der Waals surface area contributed by atoms with Gasteiger partial charge in [-0.05, 0) is 54.4 Å². The Bertz CT molecular complexity index is 1010. The predicted molar refractivity (Wildman–Crippen MR) is 107 cm³/mol. The highest BCUT2D eigenvalue weighted by molar-refractivity contribution is 7.71. The van der Waals surface area contributed by atoms with E-state index in [0.717, 1.165) is 16.9 Å². The van der Waals surface area contributed by atoms with Gasteiger partial charge in [0.1, 0.15) is 17.2 Å². The molecule has 1 atom stereocenters. The molecule has 7 heteroatoms. The van der Waals surface area contributed by atoms with E-state index in [-0.39, 0.29) is 23.5 Å². The van der Waals surface area contributed by atoms with Crippen LogP contribution in [-0.2, 0) is 0 Å². The molecule has 2 aromatic carbocycles. The van der Waals surface area contributed by atoms with E-state index < -0.39 is 0 Å². The molecule has 142 valence electrons. The van der Waals surface area contributed by atoms with Gasteiger partial charge in [0.25, 0.3) is 0 Å². The van der Waals surface area contributed by atoms with Crippen LogP contribution in [0.1, 0.15) is 43.9 Å². The van der Waals surface area contributed by atoms with Crippen molar-refractivity contribution in [3.63, 3.8) is 0 Å². The first kappa shape index (κ1) is 19.0. The summed E-state index contributed by atoms with van der Waals surface area (Å²) in [5.41, 5.74) is 2.28. The van der Waals surface area contributed by atoms with Crippen LogP contribution in [0.4, 0.5) is 0 Å². The molecule has 1 aromatic heterocycles. The van der Waals surface area contributed by atoms with Crippen LogP contribution in [0.5, 0.6) is 17.2 Å². The Kier molecular flexibility index (Phi) is 5.23. The van der Waals surface area contributed by atoms with Crippen molar-refractivity contribution in [3.8, 4) is 28.6 Å². The molecule has 0 aliphatic rings. The maximum absolute atomic E-state index is 10.4. The van der Waals surface area contributed by atoms with Gasteiger partial charge in [0.15, 0.2) is 10.6 Å². The van der Waals surface area contributed by atoms with Crippen molar-refractivity contribution < 1.29 is 14.9 Å². The molecule has 0 radical (unpaired) electrons. The second-order valence-electron chi connectivity index (χ2n) is 6.75. The number of hydrogen-bond acceptors (Lipinski definition) is 5. The van der Waals surface area contributed by atoms with Crippen LogP contribution >= 0.6 is 12.2 Å². The highest BCUT2D eigenvalue weighted by Gasteiger charge is 2.21. The number of ether oxygens (including phenoxy) is 1. The van der Waals surface area contributed by atoms with E-state index in [1.807, 2.05) is 49.6 Å². The standard InChI is InChI=1S/C20H23N3O3S/c1-11(2)15-9-16(18(25)10-17(15)24)19-21-22-20(27)23(19)12(3)13-5-7-14(26-4)8-6-13/h5-12,24-25H,1-4H3,(H,22,27)/t12-/m0/s1. The number of hydrogen-bond donors (Lipinski definition) is 3. The minimum absolute atomic E-state index is 0.0471. The van der Waals surface area contributed by atoms with Crippen molar-refractivity contribution in [2.75, 3.05) is 7.11 Å². The molecule has 6 nitrogen and oxygen atoms in total. The van der Waals surface area contributed by atoms with Gasteiger partial charge in [0, 0.05) is 6.07 Å².